The third kappa shape index (κ3) is 4.58. The van der Waals surface area contributed by atoms with Gasteiger partial charge in [-0.2, -0.15) is 0 Å². The second kappa shape index (κ2) is 9.28. The highest BCUT2D eigenvalue weighted by molar-refractivity contribution is 7.10. The maximum absolute atomic E-state index is 14.0. The largest absolute Gasteiger partial charge is 0.496 e. The third-order valence-electron chi connectivity index (χ3n) is 4.36. The lowest BCUT2D eigenvalue weighted by atomic mass is 10.0. The number of halogens is 2. The Morgan fingerprint density at radius 3 is 2.36 bits per heavy atom. The Bertz CT molecular complexity index is 888. The van der Waals surface area contributed by atoms with E-state index in [9.17, 15) is 4.39 Å². The molecule has 0 saturated carbocycles. The van der Waals surface area contributed by atoms with Gasteiger partial charge in [0.25, 0.3) is 0 Å². The number of hydrogen-bond donors (Lipinski definition) is 1. The van der Waals surface area contributed by atoms with Crippen LogP contribution in [0, 0.1) is 5.82 Å². The molecule has 3 rings (SSSR count). The van der Waals surface area contributed by atoms with E-state index in [1.54, 1.807) is 49.8 Å². The summed E-state index contributed by atoms with van der Waals surface area (Å²) in [6.07, 6.45) is 0.548. The van der Waals surface area contributed by atoms with Crippen molar-refractivity contribution in [2.75, 3.05) is 14.2 Å². The standard InChI is InChI=1S/C21H21ClFNO3S/c1-25-19-9-13(27-12-15-16(22)5-3-6-17(15)23)10-20(26-2)14(19)11-18(24)21-7-4-8-28-21/h3-10,18H,11-12,24H2,1-2H3/t18-/m0/s1. The zero-order valence-corrected chi connectivity index (χ0v) is 17.1. The molecule has 0 fully saturated rings. The van der Waals surface area contributed by atoms with Gasteiger partial charge in [0.15, 0.2) is 0 Å². The summed E-state index contributed by atoms with van der Waals surface area (Å²) in [5.74, 6) is 1.27. The van der Waals surface area contributed by atoms with Crippen molar-refractivity contribution in [2.45, 2.75) is 19.1 Å². The maximum Gasteiger partial charge on any atom is 0.131 e. The first kappa shape index (κ1) is 20.5. The van der Waals surface area contributed by atoms with Gasteiger partial charge in [-0.1, -0.05) is 23.7 Å². The van der Waals surface area contributed by atoms with Crippen LogP contribution in [0.3, 0.4) is 0 Å². The van der Waals surface area contributed by atoms with Gasteiger partial charge in [-0.05, 0) is 30.0 Å². The van der Waals surface area contributed by atoms with Crippen molar-refractivity contribution in [2.24, 2.45) is 5.73 Å². The van der Waals surface area contributed by atoms with Crippen molar-refractivity contribution >= 4 is 22.9 Å². The first-order valence-electron chi connectivity index (χ1n) is 8.63. The van der Waals surface area contributed by atoms with Gasteiger partial charge < -0.3 is 19.9 Å². The molecule has 0 bridgehead atoms. The smallest absolute Gasteiger partial charge is 0.131 e. The molecule has 1 heterocycles. The Morgan fingerprint density at radius 1 is 1.07 bits per heavy atom. The average Bonchev–Trinajstić information content (AvgIpc) is 3.23. The molecule has 4 nitrogen and oxygen atoms in total. The third-order valence-corrected chi connectivity index (χ3v) is 5.72. The molecule has 3 aromatic rings. The minimum atomic E-state index is -0.412. The van der Waals surface area contributed by atoms with Gasteiger partial charge in [0.2, 0.25) is 0 Å². The van der Waals surface area contributed by atoms with E-state index in [0.717, 1.165) is 10.4 Å². The van der Waals surface area contributed by atoms with Gasteiger partial charge >= 0.3 is 0 Å². The van der Waals surface area contributed by atoms with Crippen LogP contribution in [0.5, 0.6) is 17.2 Å². The lowest BCUT2D eigenvalue weighted by molar-refractivity contribution is 0.294. The molecule has 0 aliphatic rings. The fourth-order valence-electron chi connectivity index (χ4n) is 2.89. The maximum atomic E-state index is 14.0. The van der Waals surface area contributed by atoms with E-state index in [4.69, 9.17) is 31.5 Å². The monoisotopic (exact) mass is 421 g/mol. The summed E-state index contributed by atoms with van der Waals surface area (Å²) < 4.78 is 30.8. The van der Waals surface area contributed by atoms with Crippen LogP contribution in [0.15, 0.2) is 47.8 Å². The van der Waals surface area contributed by atoms with E-state index < -0.39 is 5.82 Å². The Hall–Kier alpha value is -2.28. The van der Waals surface area contributed by atoms with Crippen LogP contribution < -0.4 is 19.9 Å². The van der Waals surface area contributed by atoms with Crippen LogP contribution in [0.25, 0.3) is 0 Å². The lowest BCUT2D eigenvalue weighted by Crippen LogP contribution is -2.13. The zero-order valence-electron chi connectivity index (χ0n) is 15.6. The van der Waals surface area contributed by atoms with Gasteiger partial charge in [0.1, 0.15) is 29.7 Å². The molecule has 0 aliphatic carbocycles. The average molecular weight is 422 g/mol. The molecule has 0 amide bonds. The van der Waals surface area contributed by atoms with Crippen molar-refractivity contribution in [1.29, 1.82) is 0 Å². The molecular formula is C21H21ClFNO3S. The number of benzene rings is 2. The molecule has 28 heavy (non-hydrogen) atoms. The molecule has 2 aromatic carbocycles. The van der Waals surface area contributed by atoms with E-state index in [2.05, 4.69) is 0 Å². The van der Waals surface area contributed by atoms with Crippen molar-refractivity contribution < 1.29 is 18.6 Å². The molecular weight excluding hydrogens is 401 g/mol. The number of ether oxygens (including phenoxy) is 3. The van der Waals surface area contributed by atoms with E-state index in [-0.39, 0.29) is 12.6 Å². The first-order valence-corrected chi connectivity index (χ1v) is 9.88. The summed E-state index contributed by atoms with van der Waals surface area (Å²) in [7, 11) is 3.15. The molecule has 148 valence electrons. The number of thiophene rings is 1. The second-order valence-corrected chi connectivity index (χ2v) is 7.51. The van der Waals surface area contributed by atoms with Crippen LogP contribution in [0.2, 0.25) is 5.02 Å². The number of hydrogen-bond acceptors (Lipinski definition) is 5. The number of nitrogens with two attached hydrogens (primary N) is 1. The predicted molar refractivity (Wildman–Crippen MR) is 110 cm³/mol. The molecule has 0 radical (unpaired) electrons. The summed E-state index contributed by atoms with van der Waals surface area (Å²) in [5.41, 5.74) is 7.48. The summed E-state index contributed by atoms with van der Waals surface area (Å²) in [6, 6.07) is 11.8. The SMILES string of the molecule is COc1cc(OCc2c(F)cccc2Cl)cc(OC)c1C[C@H](N)c1cccs1. The summed E-state index contributed by atoms with van der Waals surface area (Å²) in [6.45, 7) is -0.00806. The van der Waals surface area contributed by atoms with Crippen LogP contribution in [-0.4, -0.2) is 14.2 Å². The summed E-state index contributed by atoms with van der Waals surface area (Å²) >= 11 is 7.67. The van der Waals surface area contributed by atoms with Gasteiger partial charge in [-0.15, -0.1) is 11.3 Å². The number of methoxy groups -OCH3 is 2. The van der Waals surface area contributed by atoms with E-state index in [0.29, 0.717) is 34.3 Å². The zero-order chi connectivity index (χ0) is 20.1. The quantitative estimate of drug-likeness (QED) is 0.530. The van der Waals surface area contributed by atoms with Gasteiger partial charge in [-0.25, -0.2) is 4.39 Å². The van der Waals surface area contributed by atoms with Crippen molar-refractivity contribution in [3.63, 3.8) is 0 Å². The molecule has 2 N–H and O–H groups in total. The molecule has 1 aromatic heterocycles. The molecule has 0 spiro atoms. The minimum absolute atomic E-state index is 0.00806. The topological polar surface area (TPSA) is 53.7 Å². The molecule has 1 atom stereocenters. The lowest BCUT2D eigenvalue weighted by Gasteiger charge is -2.18. The summed E-state index contributed by atoms with van der Waals surface area (Å²) in [5, 5.41) is 2.31. The van der Waals surface area contributed by atoms with Crippen LogP contribution in [0.1, 0.15) is 22.0 Å². The molecule has 0 aliphatic heterocycles. The second-order valence-electron chi connectivity index (χ2n) is 6.12. The van der Waals surface area contributed by atoms with Gasteiger partial charge in [0, 0.05) is 34.2 Å². The Kier molecular flexibility index (Phi) is 6.78. The highest BCUT2D eigenvalue weighted by Gasteiger charge is 2.18. The van der Waals surface area contributed by atoms with Crippen LogP contribution >= 0.6 is 22.9 Å². The molecule has 7 heteroatoms. The fraction of sp³-hybridized carbons (Fsp3) is 0.238. The van der Waals surface area contributed by atoms with E-state index in [1.807, 2.05) is 17.5 Å². The Morgan fingerprint density at radius 2 is 1.79 bits per heavy atom. The highest BCUT2D eigenvalue weighted by atomic mass is 35.5. The normalized spacial score (nSPS) is 11.9. The van der Waals surface area contributed by atoms with Gasteiger partial charge in [-0.3, -0.25) is 0 Å². The molecule has 0 saturated heterocycles. The molecule has 0 unspecified atom stereocenters. The van der Waals surface area contributed by atoms with Crippen molar-refractivity contribution in [3.05, 3.63) is 74.7 Å². The minimum Gasteiger partial charge on any atom is -0.496 e. The number of rotatable bonds is 8. The highest BCUT2D eigenvalue weighted by Crippen LogP contribution is 2.37. The summed E-state index contributed by atoms with van der Waals surface area (Å²) in [4.78, 5) is 1.08. The Labute approximate surface area is 172 Å². The van der Waals surface area contributed by atoms with E-state index >= 15 is 0 Å². The van der Waals surface area contributed by atoms with Crippen LogP contribution in [0.4, 0.5) is 4.39 Å². The van der Waals surface area contributed by atoms with Crippen LogP contribution in [-0.2, 0) is 13.0 Å². The Balaban J connectivity index is 1.84. The van der Waals surface area contributed by atoms with Crippen molar-refractivity contribution in [3.8, 4) is 17.2 Å². The van der Waals surface area contributed by atoms with E-state index in [1.165, 1.54) is 6.07 Å². The predicted octanol–water partition coefficient (Wildman–Crippen LogP) is 5.38. The fourth-order valence-corrected chi connectivity index (χ4v) is 3.84. The first-order chi connectivity index (χ1) is 13.5. The van der Waals surface area contributed by atoms with Gasteiger partial charge in [0.05, 0.1) is 19.2 Å². The van der Waals surface area contributed by atoms with Crippen molar-refractivity contribution in [1.82, 2.24) is 0 Å².